The number of halogens is 2. The number of hydrogen-bond donors (Lipinski definition) is 1. The Balaban J connectivity index is 2.21. The molecular formula is C14H12ClFN2O2. The molecule has 0 aliphatic heterocycles. The van der Waals surface area contributed by atoms with E-state index >= 15 is 0 Å². The van der Waals surface area contributed by atoms with Crippen molar-refractivity contribution in [3.05, 3.63) is 52.6 Å². The number of anilines is 1. The Bertz CT molecular complexity index is 662. The van der Waals surface area contributed by atoms with Gasteiger partial charge in [-0.3, -0.25) is 4.79 Å². The summed E-state index contributed by atoms with van der Waals surface area (Å²) in [5, 5.41) is 2.92. The van der Waals surface area contributed by atoms with Gasteiger partial charge in [0.15, 0.2) is 0 Å². The number of benzene rings is 1. The Morgan fingerprint density at radius 3 is 2.75 bits per heavy atom. The number of nitrogens with zero attached hydrogens (tertiary/aromatic N) is 1. The third-order valence-corrected chi connectivity index (χ3v) is 3.09. The Hall–Kier alpha value is -2.14. The molecule has 0 saturated carbocycles. The lowest BCUT2D eigenvalue weighted by Crippen LogP contribution is -2.14. The van der Waals surface area contributed by atoms with Crippen molar-refractivity contribution >= 4 is 23.2 Å². The topological polar surface area (TPSA) is 51.2 Å². The molecule has 1 N–H and O–H groups in total. The zero-order valence-electron chi connectivity index (χ0n) is 10.9. The summed E-state index contributed by atoms with van der Waals surface area (Å²) in [6.45, 7) is 1.76. The highest BCUT2D eigenvalue weighted by atomic mass is 35.5. The zero-order chi connectivity index (χ0) is 14.7. The van der Waals surface area contributed by atoms with Crippen molar-refractivity contribution in [2.45, 2.75) is 6.92 Å². The average molecular weight is 295 g/mol. The molecule has 0 fully saturated rings. The standard InChI is InChI=1S/C14H12ClFN2O2/c1-8-5-9(7-17-13(8)15)18-14(19)11-4-3-10(20-2)6-12(11)16/h3-7H,1-2H3,(H,18,19). The van der Waals surface area contributed by atoms with Gasteiger partial charge in [-0.2, -0.15) is 0 Å². The molecule has 1 aromatic carbocycles. The Morgan fingerprint density at radius 1 is 1.40 bits per heavy atom. The summed E-state index contributed by atoms with van der Waals surface area (Å²) in [6, 6.07) is 5.69. The van der Waals surface area contributed by atoms with Gasteiger partial charge in [-0.05, 0) is 30.7 Å². The van der Waals surface area contributed by atoms with Crippen LogP contribution < -0.4 is 10.1 Å². The molecule has 104 valence electrons. The van der Waals surface area contributed by atoms with Gasteiger partial charge in [0, 0.05) is 6.07 Å². The number of carbonyl (C=O) groups is 1. The maximum Gasteiger partial charge on any atom is 0.258 e. The summed E-state index contributed by atoms with van der Waals surface area (Å²) in [5.41, 5.74) is 1.10. The van der Waals surface area contributed by atoms with Crippen LogP contribution in [0.1, 0.15) is 15.9 Å². The number of aryl methyl sites for hydroxylation is 1. The minimum atomic E-state index is -0.652. The predicted octanol–water partition coefficient (Wildman–Crippen LogP) is 3.44. The lowest BCUT2D eigenvalue weighted by molar-refractivity contribution is 0.102. The van der Waals surface area contributed by atoms with Crippen molar-refractivity contribution in [3.8, 4) is 5.75 Å². The average Bonchev–Trinajstić information content (AvgIpc) is 2.42. The van der Waals surface area contributed by atoms with Crippen molar-refractivity contribution < 1.29 is 13.9 Å². The number of pyridine rings is 1. The van der Waals surface area contributed by atoms with Crippen molar-refractivity contribution in [2.75, 3.05) is 12.4 Å². The van der Waals surface area contributed by atoms with Crippen LogP contribution in [0.15, 0.2) is 30.5 Å². The molecule has 6 heteroatoms. The lowest BCUT2D eigenvalue weighted by atomic mass is 10.2. The Labute approximate surface area is 120 Å². The van der Waals surface area contributed by atoms with Crippen molar-refractivity contribution in [3.63, 3.8) is 0 Å². The van der Waals surface area contributed by atoms with E-state index in [2.05, 4.69) is 10.3 Å². The highest BCUT2D eigenvalue weighted by Gasteiger charge is 2.13. The molecule has 0 spiro atoms. The number of amides is 1. The van der Waals surface area contributed by atoms with Gasteiger partial charge in [0.1, 0.15) is 16.7 Å². The van der Waals surface area contributed by atoms with Gasteiger partial charge in [-0.15, -0.1) is 0 Å². The van der Waals surface area contributed by atoms with Gasteiger partial charge >= 0.3 is 0 Å². The van der Waals surface area contributed by atoms with Gasteiger partial charge in [-0.1, -0.05) is 11.6 Å². The van der Waals surface area contributed by atoms with E-state index in [-0.39, 0.29) is 5.56 Å². The van der Waals surface area contributed by atoms with Crippen LogP contribution in [-0.2, 0) is 0 Å². The Kier molecular flexibility index (Phi) is 4.20. The molecular weight excluding hydrogens is 283 g/mol. The molecule has 20 heavy (non-hydrogen) atoms. The molecule has 2 rings (SSSR count). The van der Waals surface area contributed by atoms with Crippen LogP contribution in [0.2, 0.25) is 5.15 Å². The SMILES string of the molecule is COc1ccc(C(=O)Nc2cnc(Cl)c(C)c2)c(F)c1. The number of aromatic nitrogens is 1. The fourth-order valence-electron chi connectivity index (χ4n) is 1.63. The largest absolute Gasteiger partial charge is 0.497 e. The second kappa shape index (κ2) is 5.88. The van der Waals surface area contributed by atoms with Crippen LogP contribution in [0.3, 0.4) is 0 Å². The minimum Gasteiger partial charge on any atom is -0.497 e. The van der Waals surface area contributed by atoms with Crippen LogP contribution in [0.4, 0.5) is 10.1 Å². The Morgan fingerprint density at radius 2 is 2.15 bits per heavy atom. The molecule has 0 atom stereocenters. The van der Waals surface area contributed by atoms with E-state index in [0.717, 1.165) is 11.6 Å². The summed E-state index contributed by atoms with van der Waals surface area (Å²) in [7, 11) is 1.43. The van der Waals surface area contributed by atoms with E-state index in [1.807, 2.05) is 0 Å². The molecule has 1 heterocycles. The summed E-state index contributed by atoms with van der Waals surface area (Å²) < 4.78 is 18.6. The van der Waals surface area contributed by atoms with Crippen LogP contribution in [-0.4, -0.2) is 18.0 Å². The van der Waals surface area contributed by atoms with Gasteiger partial charge in [0.05, 0.1) is 24.6 Å². The number of ether oxygens (including phenoxy) is 1. The molecule has 0 aliphatic rings. The van der Waals surface area contributed by atoms with Crippen LogP contribution in [0, 0.1) is 12.7 Å². The molecule has 0 aliphatic carbocycles. The highest BCUT2D eigenvalue weighted by molar-refractivity contribution is 6.30. The molecule has 0 unspecified atom stereocenters. The first-order valence-corrected chi connectivity index (χ1v) is 6.16. The van der Waals surface area contributed by atoms with E-state index in [1.54, 1.807) is 13.0 Å². The second-order valence-corrected chi connectivity index (χ2v) is 4.49. The van der Waals surface area contributed by atoms with E-state index in [4.69, 9.17) is 16.3 Å². The van der Waals surface area contributed by atoms with Gasteiger partial charge < -0.3 is 10.1 Å². The monoisotopic (exact) mass is 294 g/mol. The van der Waals surface area contributed by atoms with Crippen LogP contribution >= 0.6 is 11.6 Å². The first-order valence-electron chi connectivity index (χ1n) is 5.78. The number of carbonyl (C=O) groups excluding carboxylic acids is 1. The first-order chi connectivity index (χ1) is 9.51. The number of hydrogen-bond acceptors (Lipinski definition) is 3. The van der Waals surface area contributed by atoms with Crippen molar-refractivity contribution in [2.24, 2.45) is 0 Å². The third-order valence-electron chi connectivity index (χ3n) is 2.69. The first kappa shape index (κ1) is 14.3. The van der Waals surface area contributed by atoms with E-state index in [0.29, 0.717) is 16.6 Å². The number of rotatable bonds is 3. The highest BCUT2D eigenvalue weighted by Crippen LogP contribution is 2.19. The van der Waals surface area contributed by atoms with Crippen LogP contribution in [0.5, 0.6) is 5.75 Å². The number of nitrogens with one attached hydrogen (secondary N) is 1. The molecule has 1 aromatic heterocycles. The fraction of sp³-hybridized carbons (Fsp3) is 0.143. The quantitative estimate of drug-likeness (QED) is 0.882. The van der Waals surface area contributed by atoms with Gasteiger partial charge in [-0.25, -0.2) is 9.37 Å². The van der Waals surface area contributed by atoms with Crippen LogP contribution in [0.25, 0.3) is 0 Å². The van der Waals surface area contributed by atoms with Gasteiger partial charge in [0.25, 0.3) is 5.91 Å². The number of methoxy groups -OCH3 is 1. The van der Waals surface area contributed by atoms with E-state index < -0.39 is 11.7 Å². The maximum atomic E-state index is 13.8. The zero-order valence-corrected chi connectivity index (χ0v) is 11.7. The smallest absolute Gasteiger partial charge is 0.258 e. The second-order valence-electron chi connectivity index (χ2n) is 4.13. The van der Waals surface area contributed by atoms with Gasteiger partial charge in [0.2, 0.25) is 0 Å². The normalized spacial score (nSPS) is 10.2. The summed E-state index contributed by atoms with van der Waals surface area (Å²) >= 11 is 5.80. The minimum absolute atomic E-state index is 0.0709. The van der Waals surface area contributed by atoms with Crippen molar-refractivity contribution in [1.29, 1.82) is 0 Å². The van der Waals surface area contributed by atoms with E-state index in [1.165, 1.54) is 25.4 Å². The predicted molar refractivity (Wildman–Crippen MR) is 74.9 cm³/mol. The third kappa shape index (κ3) is 3.05. The molecule has 0 radical (unpaired) electrons. The van der Waals surface area contributed by atoms with Crippen molar-refractivity contribution in [1.82, 2.24) is 4.98 Å². The van der Waals surface area contributed by atoms with E-state index in [9.17, 15) is 9.18 Å². The maximum absolute atomic E-state index is 13.8. The molecule has 0 saturated heterocycles. The summed E-state index contributed by atoms with van der Waals surface area (Å²) in [4.78, 5) is 15.9. The molecule has 4 nitrogen and oxygen atoms in total. The summed E-state index contributed by atoms with van der Waals surface area (Å²) in [5.74, 6) is -0.864. The fourth-order valence-corrected chi connectivity index (χ4v) is 1.74. The lowest BCUT2D eigenvalue weighted by Gasteiger charge is -2.08. The summed E-state index contributed by atoms with van der Waals surface area (Å²) in [6.07, 6.45) is 1.41. The molecule has 0 bridgehead atoms. The molecule has 2 aromatic rings. The molecule has 1 amide bonds.